The van der Waals surface area contributed by atoms with E-state index in [4.69, 9.17) is 0 Å². The normalized spacial score (nSPS) is 19.0. The molecule has 2 unspecified atom stereocenters. The van der Waals surface area contributed by atoms with Gasteiger partial charge in [0.2, 0.25) is 5.91 Å². The number of carbonyl (C=O) groups is 1. The van der Waals surface area contributed by atoms with Gasteiger partial charge in [-0.05, 0) is 26.8 Å². The monoisotopic (exact) mass is 365 g/mol. The van der Waals surface area contributed by atoms with E-state index in [0.717, 1.165) is 19.6 Å². The number of aliphatic imine (C=N–C) groups is 1. The van der Waals surface area contributed by atoms with Gasteiger partial charge in [0.05, 0.1) is 18.6 Å². The third-order valence-electron chi connectivity index (χ3n) is 5.41. The molecule has 1 N–H and O–H groups in total. The van der Waals surface area contributed by atoms with Crippen LogP contribution in [0.4, 0.5) is 0 Å². The molecule has 0 aromatic carbocycles. The van der Waals surface area contributed by atoms with Gasteiger partial charge < -0.3 is 4.90 Å². The quantitative estimate of drug-likeness (QED) is 0.407. The van der Waals surface area contributed by atoms with Crippen molar-refractivity contribution in [3.05, 3.63) is 0 Å². The average Bonchev–Trinajstić information content (AvgIpc) is 2.80. The largest absolute Gasteiger partial charge is 0.325 e. The minimum atomic E-state index is -0.0894. The van der Waals surface area contributed by atoms with E-state index < -0.39 is 0 Å². The van der Waals surface area contributed by atoms with Gasteiger partial charge in [-0.2, -0.15) is 0 Å². The van der Waals surface area contributed by atoms with E-state index in [9.17, 15) is 4.79 Å². The highest BCUT2D eigenvalue weighted by molar-refractivity contribution is 5.93. The molecule has 0 radical (unpaired) electrons. The van der Waals surface area contributed by atoms with Crippen LogP contribution in [-0.2, 0) is 4.79 Å². The molecule has 0 saturated carbocycles. The van der Waals surface area contributed by atoms with Crippen molar-refractivity contribution in [1.82, 2.24) is 10.2 Å². The Bertz CT molecular complexity index is 384. The first-order valence-corrected chi connectivity index (χ1v) is 11.2. The van der Waals surface area contributed by atoms with Crippen molar-refractivity contribution in [3.63, 3.8) is 0 Å². The molecule has 1 amide bonds. The summed E-state index contributed by atoms with van der Waals surface area (Å²) in [5.41, 5.74) is 0. The molecule has 0 aromatic heterocycles. The van der Waals surface area contributed by atoms with Gasteiger partial charge in [-0.3, -0.25) is 15.1 Å². The van der Waals surface area contributed by atoms with Gasteiger partial charge in [0, 0.05) is 12.8 Å². The molecule has 0 aliphatic carbocycles. The summed E-state index contributed by atoms with van der Waals surface area (Å²) in [6.45, 7) is 8.75. The third-order valence-corrected chi connectivity index (χ3v) is 5.41. The fraction of sp³-hybridized carbons (Fsp3) is 0.909. The number of unbranched alkanes of at least 4 members (excludes halogenated alkanes) is 11. The fourth-order valence-electron chi connectivity index (χ4n) is 3.61. The molecule has 4 heteroatoms. The van der Waals surface area contributed by atoms with E-state index in [1.807, 2.05) is 11.8 Å². The summed E-state index contributed by atoms with van der Waals surface area (Å²) in [5, 5.41) is 3.52. The first-order chi connectivity index (χ1) is 12.7. The molecule has 4 nitrogen and oxygen atoms in total. The van der Waals surface area contributed by atoms with Crippen LogP contribution in [0.5, 0.6) is 0 Å². The van der Waals surface area contributed by atoms with Crippen LogP contribution >= 0.6 is 0 Å². The number of nitrogens with one attached hydrogen (secondary N) is 1. The predicted molar refractivity (Wildman–Crippen MR) is 113 cm³/mol. The zero-order chi connectivity index (χ0) is 19.0. The summed E-state index contributed by atoms with van der Waals surface area (Å²) in [7, 11) is 0. The van der Waals surface area contributed by atoms with E-state index in [0.29, 0.717) is 0 Å². The first kappa shape index (κ1) is 23.1. The number of carbonyl (C=O) groups excluding carboxylic acids is 1. The molecule has 0 saturated heterocycles. The molecule has 2 atom stereocenters. The van der Waals surface area contributed by atoms with Crippen molar-refractivity contribution in [2.75, 3.05) is 19.6 Å². The van der Waals surface area contributed by atoms with E-state index >= 15 is 0 Å². The summed E-state index contributed by atoms with van der Waals surface area (Å²) in [5.74, 6) is 0.106. The number of nitrogens with zero attached hydrogens (tertiary/aromatic N) is 2. The van der Waals surface area contributed by atoms with Crippen LogP contribution in [0.2, 0.25) is 0 Å². The van der Waals surface area contributed by atoms with E-state index in [1.165, 1.54) is 77.0 Å². The molecule has 1 aliphatic heterocycles. The van der Waals surface area contributed by atoms with Crippen LogP contribution < -0.4 is 5.32 Å². The minimum Gasteiger partial charge on any atom is -0.325 e. The molecule has 1 rings (SSSR count). The van der Waals surface area contributed by atoms with Gasteiger partial charge in [0.25, 0.3) is 0 Å². The highest BCUT2D eigenvalue weighted by atomic mass is 16.2. The lowest BCUT2D eigenvalue weighted by molar-refractivity contribution is -0.135. The Balaban J connectivity index is 1.93. The SMILES string of the molecule is CCCCCCCCCCCCCCNC(C)N1CCN=CC(C)C1=O. The van der Waals surface area contributed by atoms with Crippen molar-refractivity contribution >= 4 is 12.1 Å². The summed E-state index contributed by atoms with van der Waals surface area (Å²) in [4.78, 5) is 18.5. The second kappa shape index (κ2) is 15.2. The lowest BCUT2D eigenvalue weighted by Crippen LogP contribution is -2.49. The Kier molecular flexibility index (Phi) is 13.5. The summed E-state index contributed by atoms with van der Waals surface area (Å²) < 4.78 is 0. The molecule has 1 heterocycles. The second-order valence-electron chi connectivity index (χ2n) is 7.89. The van der Waals surface area contributed by atoms with Crippen LogP contribution in [0, 0.1) is 5.92 Å². The van der Waals surface area contributed by atoms with Crippen molar-refractivity contribution in [3.8, 4) is 0 Å². The standard InChI is InChI=1S/C22H43N3O/c1-4-5-6-7-8-9-10-11-12-13-14-15-16-24-21(3)25-18-17-23-19-20(2)22(25)26/h19-21,24H,4-18H2,1-3H3. The van der Waals surface area contributed by atoms with Gasteiger partial charge >= 0.3 is 0 Å². The fourth-order valence-corrected chi connectivity index (χ4v) is 3.61. The maximum atomic E-state index is 12.3. The Hall–Kier alpha value is -0.900. The summed E-state index contributed by atoms with van der Waals surface area (Å²) in [6, 6.07) is 0. The van der Waals surface area contributed by atoms with Gasteiger partial charge in [-0.15, -0.1) is 0 Å². The van der Waals surface area contributed by atoms with Crippen molar-refractivity contribution < 1.29 is 4.79 Å². The van der Waals surface area contributed by atoms with E-state index in [1.54, 1.807) is 6.21 Å². The molecule has 0 bridgehead atoms. The van der Waals surface area contributed by atoms with Crippen LogP contribution in [0.15, 0.2) is 4.99 Å². The number of rotatable bonds is 15. The number of hydrogen-bond donors (Lipinski definition) is 1. The zero-order valence-corrected chi connectivity index (χ0v) is 17.6. The highest BCUT2D eigenvalue weighted by Gasteiger charge is 2.24. The summed E-state index contributed by atoms with van der Waals surface area (Å²) >= 11 is 0. The molecule has 152 valence electrons. The van der Waals surface area contributed by atoms with Crippen LogP contribution in [-0.4, -0.2) is 42.8 Å². The lowest BCUT2D eigenvalue weighted by atomic mass is 10.1. The van der Waals surface area contributed by atoms with Crippen molar-refractivity contribution in [2.24, 2.45) is 10.9 Å². The van der Waals surface area contributed by atoms with Crippen molar-refractivity contribution in [1.29, 1.82) is 0 Å². The molecule has 0 aromatic rings. The Morgan fingerprint density at radius 2 is 1.58 bits per heavy atom. The topological polar surface area (TPSA) is 44.7 Å². The van der Waals surface area contributed by atoms with Gasteiger partial charge in [-0.25, -0.2) is 0 Å². The highest BCUT2D eigenvalue weighted by Crippen LogP contribution is 2.12. The van der Waals surface area contributed by atoms with E-state index in [-0.39, 0.29) is 18.0 Å². The predicted octanol–water partition coefficient (Wildman–Crippen LogP) is 5.17. The molecule has 26 heavy (non-hydrogen) atoms. The van der Waals surface area contributed by atoms with Gasteiger partial charge in [-0.1, -0.05) is 77.6 Å². The first-order valence-electron chi connectivity index (χ1n) is 11.2. The Labute approximate surface area is 162 Å². The zero-order valence-electron chi connectivity index (χ0n) is 17.6. The summed E-state index contributed by atoms with van der Waals surface area (Å²) in [6.07, 6.45) is 18.4. The number of amides is 1. The molecule has 1 aliphatic rings. The maximum absolute atomic E-state index is 12.3. The minimum absolute atomic E-state index is 0.0894. The third kappa shape index (κ3) is 10.3. The van der Waals surface area contributed by atoms with Crippen molar-refractivity contribution in [2.45, 2.75) is 104 Å². The smallest absolute Gasteiger partial charge is 0.232 e. The Morgan fingerprint density at radius 1 is 1.04 bits per heavy atom. The lowest BCUT2D eigenvalue weighted by Gasteiger charge is -2.29. The van der Waals surface area contributed by atoms with Gasteiger partial charge in [0.15, 0.2) is 0 Å². The molecule has 0 fully saturated rings. The molecular weight excluding hydrogens is 322 g/mol. The van der Waals surface area contributed by atoms with E-state index in [2.05, 4.69) is 24.2 Å². The maximum Gasteiger partial charge on any atom is 0.232 e. The molecular formula is C22H43N3O. The number of hydrogen-bond acceptors (Lipinski definition) is 3. The average molecular weight is 366 g/mol. The van der Waals surface area contributed by atoms with Crippen LogP contribution in [0.3, 0.4) is 0 Å². The molecule has 0 spiro atoms. The Morgan fingerprint density at radius 3 is 2.15 bits per heavy atom. The van der Waals surface area contributed by atoms with Crippen LogP contribution in [0.25, 0.3) is 0 Å². The second-order valence-corrected chi connectivity index (χ2v) is 7.89. The van der Waals surface area contributed by atoms with Crippen LogP contribution in [0.1, 0.15) is 97.8 Å². The van der Waals surface area contributed by atoms with Gasteiger partial charge in [0.1, 0.15) is 0 Å².